The van der Waals surface area contributed by atoms with Crippen LogP contribution in [0.25, 0.3) is 11.1 Å². The largest absolute Gasteiger partial charge is 0.481 e. The van der Waals surface area contributed by atoms with Gasteiger partial charge in [0.15, 0.2) is 0 Å². The van der Waals surface area contributed by atoms with Gasteiger partial charge in [-0.25, -0.2) is 4.98 Å². The summed E-state index contributed by atoms with van der Waals surface area (Å²) in [6.45, 7) is 8.51. The van der Waals surface area contributed by atoms with Gasteiger partial charge in [0.1, 0.15) is 0 Å². The second kappa shape index (κ2) is 9.47. The van der Waals surface area contributed by atoms with Crippen molar-refractivity contribution in [3.8, 4) is 17.0 Å². The van der Waals surface area contributed by atoms with Gasteiger partial charge in [-0.2, -0.15) is 0 Å². The number of aromatic nitrogens is 2. The van der Waals surface area contributed by atoms with Crippen molar-refractivity contribution in [1.29, 1.82) is 0 Å². The molecule has 7 nitrogen and oxygen atoms in total. The number of amides is 1. The summed E-state index contributed by atoms with van der Waals surface area (Å²) in [4.78, 5) is 32.4. The Labute approximate surface area is 181 Å². The van der Waals surface area contributed by atoms with Crippen LogP contribution < -0.4 is 20.9 Å². The maximum absolute atomic E-state index is 13.1. The van der Waals surface area contributed by atoms with E-state index < -0.39 is 0 Å². The van der Waals surface area contributed by atoms with E-state index in [4.69, 9.17) is 4.74 Å². The lowest BCUT2D eigenvalue weighted by Gasteiger charge is -2.16. The zero-order valence-corrected chi connectivity index (χ0v) is 18.6. The molecule has 1 amide bonds. The fraction of sp³-hybridized carbons (Fsp3) is 0.292. The standard InChI is InChI=1S/C24H28N4O3/c1-6-25-21-11-18(17-7-8-22(31-5)26-12-17)10-19(16(21)4)23(29)27-13-20-14(2)9-15(3)28-24(20)30/h7-12,25H,6,13H2,1-5H3,(H,27,29)(H,28,30). The molecule has 0 aliphatic heterocycles. The lowest BCUT2D eigenvalue weighted by molar-refractivity contribution is 0.0950. The predicted octanol–water partition coefficient (Wildman–Crippen LogP) is 3.73. The third kappa shape index (κ3) is 4.94. The van der Waals surface area contributed by atoms with Crippen molar-refractivity contribution >= 4 is 11.6 Å². The third-order valence-electron chi connectivity index (χ3n) is 5.22. The molecule has 3 N–H and O–H groups in total. The number of methoxy groups -OCH3 is 1. The van der Waals surface area contributed by atoms with Crippen molar-refractivity contribution in [2.45, 2.75) is 34.2 Å². The molecule has 0 unspecified atom stereocenters. The van der Waals surface area contributed by atoms with Gasteiger partial charge in [0.2, 0.25) is 5.88 Å². The van der Waals surface area contributed by atoms with Gasteiger partial charge in [-0.05, 0) is 68.7 Å². The Bertz CT molecular complexity index is 1150. The molecule has 3 aromatic rings. The molecule has 0 atom stereocenters. The minimum Gasteiger partial charge on any atom is -0.481 e. The number of hydrogen-bond acceptors (Lipinski definition) is 5. The molecule has 2 heterocycles. The van der Waals surface area contributed by atoms with Crippen LogP contribution in [0.15, 0.2) is 41.3 Å². The van der Waals surface area contributed by atoms with E-state index in [9.17, 15) is 9.59 Å². The number of aryl methyl sites for hydroxylation is 2. The average molecular weight is 421 g/mol. The number of hydrogen-bond donors (Lipinski definition) is 3. The normalized spacial score (nSPS) is 10.6. The highest BCUT2D eigenvalue weighted by Gasteiger charge is 2.16. The van der Waals surface area contributed by atoms with Gasteiger partial charge in [0.05, 0.1) is 7.11 Å². The van der Waals surface area contributed by atoms with E-state index in [1.807, 2.05) is 52.0 Å². The van der Waals surface area contributed by atoms with E-state index in [1.54, 1.807) is 19.4 Å². The van der Waals surface area contributed by atoms with Gasteiger partial charge >= 0.3 is 0 Å². The highest BCUT2D eigenvalue weighted by Crippen LogP contribution is 2.29. The smallest absolute Gasteiger partial charge is 0.253 e. The van der Waals surface area contributed by atoms with Crippen LogP contribution >= 0.6 is 0 Å². The molecule has 0 aliphatic carbocycles. The highest BCUT2D eigenvalue weighted by molar-refractivity contribution is 5.98. The number of carbonyl (C=O) groups is 1. The first kappa shape index (κ1) is 22.1. The van der Waals surface area contributed by atoms with Gasteiger partial charge in [-0.3, -0.25) is 9.59 Å². The highest BCUT2D eigenvalue weighted by atomic mass is 16.5. The molecule has 0 aliphatic rings. The Kier molecular flexibility index (Phi) is 6.74. The minimum atomic E-state index is -0.237. The number of nitrogens with one attached hydrogen (secondary N) is 3. The molecule has 2 aromatic heterocycles. The van der Waals surface area contributed by atoms with Crippen LogP contribution in [0.1, 0.15) is 39.7 Å². The molecule has 0 saturated carbocycles. The fourth-order valence-corrected chi connectivity index (χ4v) is 3.53. The zero-order valence-electron chi connectivity index (χ0n) is 18.6. The number of H-pyrrole nitrogens is 1. The summed E-state index contributed by atoms with van der Waals surface area (Å²) < 4.78 is 5.13. The fourth-order valence-electron chi connectivity index (χ4n) is 3.53. The zero-order chi connectivity index (χ0) is 22.5. The first-order valence-corrected chi connectivity index (χ1v) is 10.2. The quantitative estimate of drug-likeness (QED) is 0.541. The van der Waals surface area contributed by atoms with E-state index in [-0.39, 0.29) is 18.0 Å². The second-order valence-electron chi connectivity index (χ2n) is 7.44. The van der Waals surface area contributed by atoms with Crippen LogP contribution in [-0.2, 0) is 6.54 Å². The molecule has 3 rings (SSSR count). The summed E-state index contributed by atoms with van der Waals surface area (Å²) in [5.74, 6) is 0.291. The van der Waals surface area contributed by atoms with Crippen LogP contribution in [0.3, 0.4) is 0 Å². The Balaban J connectivity index is 1.94. The summed E-state index contributed by atoms with van der Waals surface area (Å²) >= 11 is 0. The summed E-state index contributed by atoms with van der Waals surface area (Å²) in [5, 5.41) is 6.22. The lowest BCUT2D eigenvalue weighted by atomic mass is 9.98. The van der Waals surface area contributed by atoms with Crippen LogP contribution in [0.4, 0.5) is 5.69 Å². The molecule has 0 spiro atoms. The number of pyridine rings is 2. The van der Waals surface area contributed by atoms with Gasteiger partial charge < -0.3 is 20.4 Å². The van der Waals surface area contributed by atoms with Crippen molar-refractivity contribution in [3.05, 3.63) is 74.8 Å². The topological polar surface area (TPSA) is 96.1 Å². The molecular formula is C24H28N4O3. The van der Waals surface area contributed by atoms with Gasteiger partial charge in [0.25, 0.3) is 11.5 Å². The van der Waals surface area contributed by atoms with Crippen molar-refractivity contribution in [3.63, 3.8) is 0 Å². The number of carbonyl (C=O) groups excluding carboxylic acids is 1. The van der Waals surface area contributed by atoms with E-state index >= 15 is 0 Å². The van der Waals surface area contributed by atoms with Gasteiger partial charge in [-0.1, -0.05) is 0 Å². The molecular weight excluding hydrogens is 392 g/mol. The van der Waals surface area contributed by atoms with E-state index in [0.717, 1.165) is 40.2 Å². The second-order valence-corrected chi connectivity index (χ2v) is 7.44. The van der Waals surface area contributed by atoms with Crippen LogP contribution in [0.2, 0.25) is 0 Å². The molecule has 0 radical (unpaired) electrons. The van der Waals surface area contributed by atoms with E-state index in [0.29, 0.717) is 17.0 Å². The summed E-state index contributed by atoms with van der Waals surface area (Å²) in [7, 11) is 1.57. The molecule has 7 heteroatoms. The van der Waals surface area contributed by atoms with Gasteiger partial charge in [0, 0.05) is 53.4 Å². The number of anilines is 1. The first-order valence-electron chi connectivity index (χ1n) is 10.2. The van der Waals surface area contributed by atoms with Crippen molar-refractivity contribution in [2.24, 2.45) is 0 Å². The number of benzene rings is 1. The van der Waals surface area contributed by atoms with Crippen molar-refractivity contribution in [1.82, 2.24) is 15.3 Å². The first-order chi connectivity index (χ1) is 14.8. The Morgan fingerprint density at radius 1 is 1.13 bits per heavy atom. The third-order valence-corrected chi connectivity index (χ3v) is 5.22. The lowest BCUT2D eigenvalue weighted by Crippen LogP contribution is -2.28. The molecule has 0 saturated heterocycles. The molecule has 1 aromatic carbocycles. The number of aromatic amines is 1. The number of rotatable bonds is 7. The van der Waals surface area contributed by atoms with Gasteiger partial charge in [-0.15, -0.1) is 0 Å². The SMILES string of the molecule is CCNc1cc(-c2ccc(OC)nc2)cc(C(=O)NCc2c(C)cc(C)[nH]c2=O)c1C. The van der Waals surface area contributed by atoms with Crippen molar-refractivity contribution < 1.29 is 9.53 Å². The number of ether oxygens (including phenoxy) is 1. The van der Waals surface area contributed by atoms with E-state index in [1.165, 1.54) is 0 Å². The molecule has 31 heavy (non-hydrogen) atoms. The average Bonchev–Trinajstić information content (AvgIpc) is 2.74. The summed E-state index contributed by atoms with van der Waals surface area (Å²) in [6.07, 6.45) is 1.72. The van der Waals surface area contributed by atoms with E-state index in [2.05, 4.69) is 20.6 Å². The Morgan fingerprint density at radius 3 is 2.52 bits per heavy atom. The Hall–Kier alpha value is -3.61. The minimum absolute atomic E-state index is 0.157. The predicted molar refractivity (Wildman–Crippen MR) is 123 cm³/mol. The van der Waals surface area contributed by atoms with Crippen molar-refractivity contribution in [2.75, 3.05) is 19.0 Å². The number of nitrogens with zero attached hydrogens (tertiary/aromatic N) is 1. The molecule has 0 fully saturated rings. The summed E-state index contributed by atoms with van der Waals surface area (Å²) in [6, 6.07) is 9.45. The maximum Gasteiger partial charge on any atom is 0.253 e. The summed E-state index contributed by atoms with van der Waals surface area (Å²) in [5.41, 5.74) is 6.04. The Morgan fingerprint density at radius 2 is 1.90 bits per heavy atom. The van der Waals surface area contributed by atoms with Crippen LogP contribution in [0, 0.1) is 20.8 Å². The van der Waals surface area contributed by atoms with Crippen LogP contribution in [0.5, 0.6) is 5.88 Å². The van der Waals surface area contributed by atoms with Crippen LogP contribution in [-0.4, -0.2) is 29.5 Å². The molecule has 0 bridgehead atoms. The molecule has 162 valence electrons. The monoisotopic (exact) mass is 420 g/mol. The maximum atomic E-state index is 13.1.